The lowest BCUT2D eigenvalue weighted by Crippen LogP contribution is -2.08. The SMILES string of the molecule is FC(F)(F)c1ccccc1-c1cc(-n2c3ccccc3c3cc(-c4nc(-c5ccccc5)nc(-c5ccccc5)n4)ccc32)ccc1-c1nc(-c2ccccc2)nc(-c2ccccc2)n1. The zero-order chi connectivity index (χ0) is 43.9. The Kier molecular flexibility index (Phi) is 9.81. The Labute approximate surface area is 371 Å². The van der Waals surface area contributed by atoms with E-state index in [9.17, 15) is 13.2 Å². The van der Waals surface area contributed by atoms with Crippen molar-refractivity contribution in [1.29, 1.82) is 0 Å². The number of para-hydroxylation sites is 1. The maximum Gasteiger partial charge on any atom is 0.417 e. The topological polar surface area (TPSA) is 82.3 Å². The fourth-order valence-corrected chi connectivity index (χ4v) is 8.31. The van der Waals surface area contributed by atoms with Crippen molar-refractivity contribution in [2.45, 2.75) is 6.18 Å². The minimum Gasteiger partial charge on any atom is -0.309 e. The van der Waals surface area contributed by atoms with Crippen molar-refractivity contribution in [3.63, 3.8) is 0 Å². The van der Waals surface area contributed by atoms with Gasteiger partial charge in [0, 0.05) is 49.8 Å². The molecule has 3 aromatic heterocycles. The highest BCUT2D eigenvalue weighted by Gasteiger charge is 2.34. The van der Waals surface area contributed by atoms with Crippen LogP contribution >= 0.6 is 0 Å². The summed E-state index contributed by atoms with van der Waals surface area (Å²) in [5.74, 6) is 2.65. The lowest BCUT2D eigenvalue weighted by molar-refractivity contribution is -0.137. The molecule has 0 N–H and O–H groups in total. The first-order chi connectivity index (χ1) is 31.9. The molecule has 0 aliphatic rings. The van der Waals surface area contributed by atoms with Crippen LogP contribution in [0.1, 0.15) is 5.56 Å². The molecule has 0 radical (unpaired) electrons. The Bertz CT molecular complexity index is 3410. The highest BCUT2D eigenvalue weighted by Crippen LogP contribution is 2.43. The molecule has 0 saturated carbocycles. The van der Waals surface area contributed by atoms with Crippen molar-refractivity contribution >= 4 is 21.8 Å². The van der Waals surface area contributed by atoms with Gasteiger partial charge in [0.2, 0.25) is 0 Å². The molecule has 8 aromatic carbocycles. The first-order valence-corrected chi connectivity index (χ1v) is 20.9. The highest BCUT2D eigenvalue weighted by molar-refractivity contribution is 6.10. The van der Waals surface area contributed by atoms with E-state index in [2.05, 4.69) is 10.6 Å². The Morgan fingerprint density at radius 2 is 0.738 bits per heavy atom. The van der Waals surface area contributed by atoms with Gasteiger partial charge in [-0.05, 0) is 59.7 Å². The normalized spacial score (nSPS) is 11.6. The molecule has 3 heterocycles. The zero-order valence-electron chi connectivity index (χ0n) is 34.4. The summed E-state index contributed by atoms with van der Waals surface area (Å²) in [6, 6.07) is 63.8. The second-order valence-corrected chi connectivity index (χ2v) is 15.4. The molecule has 0 spiro atoms. The minimum atomic E-state index is -4.65. The number of fused-ring (bicyclic) bond motifs is 3. The summed E-state index contributed by atoms with van der Waals surface area (Å²) in [6.07, 6.45) is -4.65. The van der Waals surface area contributed by atoms with Crippen LogP contribution in [-0.4, -0.2) is 34.5 Å². The zero-order valence-corrected chi connectivity index (χ0v) is 34.4. The maximum absolute atomic E-state index is 15.0. The van der Waals surface area contributed by atoms with Crippen LogP contribution in [0.25, 0.3) is 107 Å². The monoisotopic (exact) mass is 849 g/mol. The summed E-state index contributed by atoms with van der Waals surface area (Å²) in [6.45, 7) is 0. The maximum atomic E-state index is 15.0. The van der Waals surface area contributed by atoms with Crippen LogP contribution in [0, 0.1) is 0 Å². The Morgan fingerprint density at radius 1 is 0.308 bits per heavy atom. The average Bonchev–Trinajstić information content (AvgIpc) is 3.70. The highest BCUT2D eigenvalue weighted by atomic mass is 19.4. The van der Waals surface area contributed by atoms with Crippen LogP contribution in [-0.2, 0) is 6.18 Å². The van der Waals surface area contributed by atoms with Gasteiger partial charge in [-0.2, -0.15) is 13.2 Å². The van der Waals surface area contributed by atoms with Crippen molar-refractivity contribution in [2.75, 3.05) is 0 Å². The number of aromatic nitrogens is 7. The summed E-state index contributed by atoms with van der Waals surface area (Å²) >= 11 is 0. The molecule has 0 bridgehead atoms. The first-order valence-electron chi connectivity index (χ1n) is 20.9. The van der Waals surface area contributed by atoms with Crippen LogP contribution < -0.4 is 0 Å². The number of halogens is 3. The smallest absolute Gasteiger partial charge is 0.309 e. The molecule has 0 amide bonds. The number of hydrogen-bond acceptors (Lipinski definition) is 6. The van der Waals surface area contributed by atoms with Crippen molar-refractivity contribution in [2.24, 2.45) is 0 Å². The van der Waals surface area contributed by atoms with E-state index < -0.39 is 11.7 Å². The first kappa shape index (κ1) is 39.2. The van der Waals surface area contributed by atoms with Crippen LogP contribution in [0.2, 0.25) is 0 Å². The molecule has 7 nitrogen and oxygen atoms in total. The lowest BCUT2D eigenvalue weighted by atomic mass is 9.94. The van der Waals surface area contributed by atoms with Gasteiger partial charge in [0.15, 0.2) is 34.9 Å². The summed E-state index contributed by atoms with van der Waals surface area (Å²) in [5.41, 5.74) is 6.33. The second kappa shape index (κ2) is 16.2. The predicted molar refractivity (Wildman–Crippen MR) is 251 cm³/mol. The largest absolute Gasteiger partial charge is 0.417 e. The van der Waals surface area contributed by atoms with Gasteiger partial charge in [-0.3, -0.25) is 0 Å². The molecule has 65 heavy (non-hydrogen) atoms. The fraction of sp³-hybridized carbons (Fsp3) is 0.0182. The van der Waals surface area contributed by atoms with E-state index in [1.54, 1.807) is 12.1 Å². The summed E-state index contributed by atoms with van der Waals surface area (Å²) in [5, 5.41) is 1.86. The molecule has 10 heteroatoms. The van der Waals surface area contributed by atoms with Gasteiger partial charge in [0.1, 0.15) is 0 Å². The summed E-state index contributed by atoms with van der Waals surface area (Å²) in [7, 11) is 0. The van der Waals surface area contributed by atoms with E-state index in [0.29, 0.717) is 45.9 Å². The van der Waals surface area contributed by atoms with Gasteiger partial charge in [0.05, 0.1) is 16.6 Å². The number of alkyl halides is 3. The van der Waals surface area contributed by atoms with Gasteiger partial charge in [-0.15, -0.1) is 0 Å². The molecule has 0 fully saturated rings. The quantitative estimate of drug-likeness (QED) is 0.151. The van der Waals surface area contributed by atoms with E-state index in [1.807, 2.05) is 170 Å². The molecule has 11 rings (SSSR count). The van der Waals surface area contributed by atoms with Gasteiger partial charge < -0.3 is 4.57 Å². The van der Waals surface area contributed by atoms with Gasteiger partial charge in [0.25, 0.3) is 0 Å². The second-order valence-electron chi connectivity index (χ2n) is 15.4. The predicted octanol–water partition coefficient (Wildman–Crippen LogP) is 13.8. The minimum absolute atomic E-state index is 0.00103. The molecule has 0 atom stereocenters. The number of benzene rings is 8. The third-order valence-electron chi connectivity index (χ3n) is 11.4. The van der Waals surface area contributed by atoms with Gasteiger partial charge in [-0.25, -0.2) is 29.9 Å². The number of nitrogens with zero attached hydrogens (tertiary/aromatic N) is 7. The molecule has 310 valence electrons. The van der Waals surface area contributed by atoms with E-state index >= 15 is 0 Å². The van der Waals surface area contributed by atoms with Crippen molar-refractivity contribution < 1.29 is 13.2 Å². The van der Waals surface area contributed by atoms with E-state index in [0.717, 1.165) is 55.7 Å². The molecule has 11 aromatic rings. The van der Waals surface area contributed by atoms with Crippen LogP contribution in [0.5, 0.6) is 0 Å². The molecule has 0 aliphatic heterocycles. The van der Waals surface area contributed by atoms with Gasteiger partial charge >= 0.3 is 6.18 Å². The number of rotatable bonds is 8. The summed E-state index contributed by atoms with van der Waals surface area (Å²) < 4.78 is 47.0. The van der Waals surface area contributed by atoms with Crippen LogP contribution in [0.3, 0.4) is 0 Å². The molecule has 0 saturated heterocycles. The fourth-order valence-electron chi connectivity index (χ4n) is 8.31. The molecule has 0 aliphatic carbocycles. The lowest BCUT2D eigenvalue weighted by Gasteiger charge is -2.18. The Balaban J connectivity index is 1.12. The van der Waals surface area contributed by atoms with E-state index in [4.69, 9.17) is 29.9 Å². The Hall–Kier alpha value is -8.63. The van der Waals surface area contributed by atoms with E-state index in [-0.39, 0.29) is 11.4 Å². The molecule has 0 unspecified atom stereocenters. The van der Waals surface area contributed by atoms with Crippen LogP contribution in [0.15, 0.2) is 206 Å². The van der Waals surface area contributed by atoms with E-state index in [1.165, 1.54) is 12.1 Å². The third kappa shape index (κ3) is 7.46. The van der Waals surface area contributed by atoms with Crippen LogP contribution in [0.4, 0.5) is 13.2 Å². The molecular weight excluding hydrogens is 816 g/mol. The average molecular weight is 850 g/mol. The third-order valence-corrected chi connectivity index (χ3v) is 11.4. The standard InChI is InChI=1S/C55H34F3N7/c56-55(57,58)46-27-15-13-25-41(46)44-34-40(30-31-43(44)54-63-51(37-21-9-3-10-22-37)60-52(64-54)38-23-11-4-12-24-38)65-47-28-16-14-26-42(47)45-33-39(29-32-48(45)65)53-61-49(35-17-5-1-6-18-35)59-50(62-53)36-19-7-2-8-20-36/h1-34H. The van der Waals surface area contributed by atoms with Crippen molar-refractivity contribution in [3.8, 4) is 85.1 Å². The number of hydrogen-bond donors (Lipinski definition) is 0. The van der Waals surface area contributed by atoms with Crippen molar-refractivity contribution in [1.82, 2.24) is 34.5 Å². The van der Waals surface area contributed by atoms with Crippen molar-refractivity contribution in [3.05, 3.63) is 212 Å². The van der Waals surface area contributed by atoms with Gasteiger partial charge in [-0.1, -0.05) is 158 Å². The summed E-state index contributed by atoms with van der Waals surface area (Å²) in [4.78, 5) is 29.5. The molecular formula is C55H34F3N7. The Morgan fingerprint density at radius 3 is 1.26 bits per heavy atom.